The molecular formula is C28H25ClN2O4. The second-order valence-electron chi connectivity index (χ2n) is 8.71. The van der Waals surface area contributed by atoms with Crippen LogP contribution < -0.4 is 15.1 Å². The van der Waals surface area contributed by atoms with Gasteiger partial charge in [0.15, 0.2) is 5.43 Å². The first-order valence-electron chi connectivity index (χ1n) is 11.7. The number of pyridine rings is 1. The predicted octanol–water partition coefficient (Wildman–Crippen LogP) is 6.47. The van der Waals surface area contributed by atoms with Crippen molar-refractivity contribution >= 4 is 34.3 Å². The number of rotatable bonds is 7. The zero-order chi connectivity index (χ0) is 24.5. The SMILES string of the molecule is CCCCCOc1ccc(C2c3c(oc4ccc(C)cc4c3=O)C(=O)N2c2ccc(Cl)cn2)cc1. The van der Waals surface area contributed by atoms with Crippen molar-refractivity contribution in [3.8, 4) is 5.75 Å². The quantitative estimate of drug-likeness (QED) is 0.279. The Morgan fingerprint density at radius 3 is 2.57 bits per heavy atom. The highest BCUT2D eigenvalue weighted by Crippen LogP contribution is 2.41. The molecule has 178 valence electrons. The number of amides is 1. The molecule has 0 fully saturated rings. The molecule has 0 bridgehead atoms. The van der Waals surface area contributed by atoms with Gasteiger partial charge >= 0.3 is 0 Å². The van der Waals surface area contributed by atoms with Crippen molar-refractivity contribution in [3.63, 3.8) is 0 Å². The molecule has 1 atom stereocenters. The van der Waals surface area contributed by atoms with Gasteiger partial charge in [0.1, 0.15) is 17.2 Å². The Balaban J connectivity index is 1.62. The summed E-state index contributed by atoms with van der Waals surface area (Å²) in [7, 11) is 0. The normalized spacial score (nSPS) is 15.0. The average Bonchev–Trinajstić information content (AvgIpc) is 3.16. The van der Waals surface area contributed by atoms with Crippen molar-refractivity contribution < 1.29 is 13.9 Å². The van der Waals surface area contributed by atoms with Crippen molar-refractivity contribution in [2.75, 3.05) is 11.5 Å². The summed E-state index contributed by atoms with van der Waals surface area (Å²) in [4.78, 5) is 33.1. The second-order valence-corrected chi connectivity index (χ2v) is 9.15. The Morgan fingerprint density at radius 2 is 1.86 bits per heavy atom. The lowest BCUT2D eigenvalue weighted by Crippen LogP contribution is -2.30. The molecule has 7 heteroatoms. The standard InChI is InChI=1S/C28H25ClN2O4/c1-3-4-5-14-34-20-10-7-18(8-11-20)25-24-26(32)21-15-17(2)6-12-22(21)35-27(24)28(33)31(25)23-13-9-19(29)16-30-23/h6-13,15-16,25H,3-5,14H2,1-2H3. The van der Waals surface area contributed by atoms with Crippen LogP contribution in [0.3, 0.4) is 0 Å². The maximum absolute atomic E-state index is 13.7. The van der Waals surface area contributed by atoms with Crippen LogP contribution in [0, 0.1) is 6.92 Å². The number of hydrogen-bond donors (Lipinski definition) is 0. The van der Waals surface area contributed by atoms with E-state index in [0.717, 1.165) is 36.1 Å². The molecule has 0 N–H and O–H groups in total. The molecule has 0 aliphatic carbocycles. The summed E-state index contributed by atoms with van der Waals surface area (Å²) in [6.45, 7) is 4.71. The molecular weight excluding hydrogens is 464 g/mol. The Hall–Kier alpha value is -3.64. The zero-order valence-electron chi connectivity index (χ0n) is 19.6. The fourth-order valence-corrected chi connectivity index (χ4v) is 4.55. The van der Waals surface area contributed by atoms with Crippen molar-refractivity contribution in [1.82, 2.24) is 4.98 Å². The third-order valence-corrected chi connectivity index (χ3v) is 6.42. The number of carbonyl (C=O) groups is 1. The highest BCUT2D eigenvalue weighted by Gasteiger charge is 2.44. The van der Waals surface area contributed by atoms with Crippen LogP contribution in [-0.2, 0) is 0 Å². The average molecular weight is 489 g/mol. The first-order chi connectivity index (χ1) is 17.0. The van der Waals surface area contributed by atoms with E-state index in [1.165, 1.54) is 11.1 Å². The van der Waals surface area contributed by atoms with Crippen molar-refractivity contribution in [1.29, 1.82) is 0 Å². The molecule has 1 aliphatic rings. The summed E-state index contributed by atoms with van der Waals surface area (Å²) in [6.07, 6.45) is 4.72. The maximum Gasteiger partial charge on any atom is 0.296 e. The lowest BCUT2D eigenvalue weighted by atomic mass is 9.98. The van der Waals surface area contributed by atoms with Gasteiger partial charge in [-0.15, -0.1) is 0 Å². The minimum absolute atomic E-state index is 0.0352. The molecule has 0 radical (unpaired) electrons. The van der Waals surface area contributed by atoms with Crippen LogP contribution >= 0.6 is 11.6 Å². The van der Waals surface area contributed by atoms with Crippen LogP contribution in [0.25, 0.3) is 11.0 Å². The second kappa shape index (κ2) is 9.55. The molecule has 0 spiro atoms. The number of aryl methyl sites for hydroxylation is 1. The summed E-state index contributed by atoms with van der Waals surface area (Å²) < 4.78 is 11.9. The van der Waals surface area contributed by atoms with E-state index < -0.39 is 11.9 Å². The molecule has 0 saturated heterocycles. The van der Waals surface area contributed by atoms with E-state index in [1.54, 1.807) is 24.3 Å². The molecule has 2 aromatic heterocycles. The Labute approximate surface area is 208 Å². The van der Waals surface area contributed by atoms with E-state index in [1.807, 2.05) is 37.3 Å². The summed E-state index contributed by atoms with van der Waals surface area (Å²) in [5.74, 6) is 0.745. The van der Waals surface area contributed by atoms with E-state index in [0.29, 0.717) is 34.0 Å². The van der Waals surface area contributed by atoms with Gasteiger partial charge in [-0.05, 0) is 55.3 Å². The summed E-state index contributed by atoms with van der Waals surface area (Å²) >= 11 is 6.04. The van der Waals surface area contributed by atoms with Gasteiger partial charge in [0.2, 0.25) is 5.76 Å². The van der Waals surface area contributed by atoms with Gasteiger partial charge in [0.25, 0.3) is 5.91 Å². The number of halogens is 1. The monoisotopic (exact) mass is 488 g/mol. The summed E-state index contributed by atoms with van der Waals surface area (Å²) in [5.41, 5.74) is 2.16. The third kappa shape index (κ3) is 4.30. The minimum atomic E-state index is -0.693. The topological polar surface area (TPSA) is 72.6 Å². The molecule has 4 aromatic rings. The number of aromatic nitrogens is 1. The van der Waals surface area contributed by atoms with E-state index >= 15 is 0 Å². The van der Waals surface area contributed by atoms with Crippen LogP contribution in [0.1, 0.15) is 59.5 Å². The number of carbonyl (C=O) groups excluding carboxylic acids is 1. The lowest BCUT2D eigenvalue weighted by molar-refractivity contribution is 0.0970. The van der Waals surface area contributed by atoms with Crippen LogP contribution in [0.5, 0.6) is 5.75 Å². The number of nitrogens with zero attached hydrogens (tertiary/aromatic N) is 2. The molecule has 5 rings (SSSR count). The highest BCUT2D eigenvalue weighted by atomic mass is 35.5. The number of benzene rings is 2. The largest absolute Gasteiger partial charge is 0.494 e. The number of hydrogen-bond acceptors (Lipinski definition) is 5. The molecule has 0 saturated carbocycles. The molecule has 6 nitrogen and oxygen atoms in total. The number of anilines is 1. The van der Waals surface area contributed by atoms with Crippen LogP contribution in [0.15, 0.2) is 70.0 Å². The number of ether oxygens (including phenoxy) is 1. The lowest BCUT2D eigenvalue weighted by Gasteiger charge is -2.24. The van der Waals surface area contributed by atoms with Gasteiger partial charge in [0.05, 0.1) is 28.6 Å². The first-order valence-corrected chi connectivity index (χ1v) is 12.1. The van der Waals surface area contributed by atoms with E-state index in [9.17, 15) is 9.59 Å². The van der Waals surface area contributed by atoms with Gasteiger partial charge in [0, 0.05) is 6.20 Å². The zero-order valence-corrected chi connectivity index (χ0v) is 20.3. The Bertz CT molecular complexity index is 1450. The van der Waals surface area contributed by atoms with Gasteiger partial charge < -0.3 is 9.15 Å². The Morgan fingerprint density at radius 1 is 1.06 bits per heavy atom. The smallest absolute Gasteiger partial charge is 0.296 e. The fraction of sp³-hybridized carbons (Fsp3) is 0.250. The van der Waals surface area contributed by atoms with Crippen molar-refractivity contribution in [2.24, 2.45) is 0 Å². The molecule has 1 amide bonds. The van der Waals surface area contributed by atoms with E-state index in [-0.39, 0.29) is 11.2 Å². The van der Waals surface area contributed by atoms with Crippen LogP contribution in [-0.4, -0.2) is 17.5 Å². The minimum Gasteiger partial charge on any atom is -0.494 e. The molecule has 35 heavy (non-hydrogen) atoms. The van der Waals surface area contributed by atoms with E-state index in [4.69, 9.17) is 20.8 Å². The number of unbranched alkanes of at least 4 members (excludes halogenated alkanes) is 2. The van der Waals surface area contributed by atoms with Crippen molar-refractivity contribution in [3.05, 3.63) is 98.5 Å². The van der Waals surface area contributed by atoms with Gasteiger partial charge in [-0.2, -0.15) is 0 Å². The van der Waals surface area contributed by atoms with Crippen molar-refractivity contribution in [2.45, 2.75) is 39.2 Å². The van der Waals surface area contributed by atoms with Gasteiger partial charge in [-0.25, -0.2) is 4.98 Å². The van der Waals surface area contributed by atoms with Gasteiger partial charge in [-0.3, -0.25) is 14.5 Å². The fourth-order valence-electron chi connectivity index (χ4n) is 4.44. The predicted molar refractivity (Wildman–Crippen MR) is 137 cm³/mol. The van der Waals surface area contributed by atoms with Crippen LogP contribution in [0.4, 0.5) is 5.82 Å². The first kappa shape index (κ1) is 23.1. The molecule has 1 unspecified atom stereocenters. The van der Waals surface area contributed by atoms with Gasteiger partial charge in [-0.1, -0.05) is 55.1 Å². The molecule has 1 aliphatic heterocycles. The third-order valence-electron chi connectivity index (χ3n) is 6.20. The number of fused-ring (bicyclic) bond motifs is 2. The molecule has 2 aromatic carbocycles. The van der Waals surface area contributed by atoms with E-state index in [2.05, 4.69) is 11.9 Å². The molecule has 3 heterocycles. The van der Waals surface area contributed by atoms with Crippen LogP contribution in [0.2, 0.25) is 5.02 Å². The summed E-state index contributed by atoms with van der Waals surface area (Å²) in [6, 6.07) is 15.5. The highest BCUT2D eigenvalue weighted by molar-refractivity contribution is 6.30. The maximum atomic E-state index is 13.7. The summed E-state index contributed by atoms with van der Waals surface area (Å²) in [5, 5.41) is 0.901. The Kier molecular flexibility index (Phi) is 6.31.